The normalized spacial score (nSPS) is 14.3. The number of thiophene rings is 1. The van der Waals surface area contributed by atoms with Gasteiger partial charge in [-0.2, -0.15) is 0 Å². The van der Waals surface area contributed by atoms with Crippen LogP contribution in [0.5, 0.6) is 0 Å². The van der Waals surface area contributed by atoms with Crippen LogP contribution in [0.3, 0.4) is 0 Å². The predicted molar refractivity (Wildman–Crippen MR) is 101 cm³/mol. The summed E-state index contributed by atoms with van der Waals surface area (Å²) in [7, 11) is 0. The molecule has 1 aromatic heterocycles. The number of carbonyl (C=O) groups is 3. The molecule has 1 saturated carbocycles. The van der Waals surface area contributed by atoms with Gasteiger partial charge < -0.3 is 21.7 Å². The van der Waals surface area contributed by atoms with Crippen molar-refractivity contribution in [1.29, 1.82) is 0 Å². The Bertz CT molecular complexity index is 785. The lowest BCUT2D eigenvalue weighted by molar-refractivity contribution is -0.117. The minimum atomic E-state index is -0.674. The number of hydrogen-bond donors (Lipinski definition) is 4. The summed E-state index contributed by atoms with van der Waals surface area (Å²) in [6, 6.07) is 9.49. The van der Waals surface area contributed by atoms with Crippen molar-refractivity contribution in [3.8, 4) is 0 Å². The van der Waals surface area contributed by atoms with E-state index in [0.29, 0.717) is 11.4 Å². The summed E-state index contributed by atoms with van der Waals surface area (Å²) in [5.41, 5.74) is 6.51. The number of urea groups is 1. The van der Waals surface area contributed by atoms with Crippen molar-refractivity contribution in [2.45, 2.75) is 25.3 Å². The van der Waals surface area contributed by atoms with Crippen molar-refractivity contribution in [2.24, 2.45) is 11.7 Å². The van der Waals surface area contributed by atoms with E-state index in [9.17, 15) is 14.4 Å². The molecular formula is C18H20N4O3S. The summed E-state index contributed by atoms with van der Waals surface area (Å²) in [6.07, 6.45) is 1.97. The molecule has 1 atom stereocenters. The van der Waals surface area contributed by atoms with E-state index in [-0.39, 0.29) is 24.2 Å². The van der Waals surface area contributed by atoms with Gasteiger partial charge in [-0.3, -0.25) is 9.59 Å². The van der Waals surface area contributed by atoms with Crippen LogP contribution >= 0.6 is 11.3 Å². The number of amides is 4. The maximum Gasteiger partial charge on any atom is 0.312 e. The lowest BCUT2D eigenvalue weighted by Gasteiger charge is -2.16. The van der Waals surface area contributed by atoms with Crippen molar-refractivity contribution in [2.75, 3.05) is 10.6 Å². The third kappa shape index (κ3) is 5.06. The molecule has 1 aliphatic rings. The fourth-order valence-corrected chi connectivity index (χ4v) is 3.29. The lowest BCUT2D eigenvalue weighted by atomic mass is 10.1. The van der Waals surface area contributed by atoms with Crippen molar-refractivity contribution in [3.05, 3.63) is 46.7 Å². The Kier molecular flexibility index (Phi) is 5.52. The maximum atomic E-state index is 12.3. The maximum absolute atomic E-state index is 12.3. The van der Waals surface area contributed by atoms with Gasteiger partial charge in [0.05, 0.1) is 12.5 Å². The SMILES string of the molecule is NC(=O)NC(CC(=O)Nc1ccc(NC(=O)C2CC2)cc1)c1cccs1. The van der Waals surface area contributed by atoms with Crippen LogP contribution in [0.4, 0.5) is 16.2 Å². The average molecular weight is 372 g/mol. The molecule has 26 heavy (non-hydrogen) atoms. The summed E-state index contributed by atoms with van der Waals surface area (Å²) in [5.74, 6) is -0.0636. The summed E-state index contributed by atoms with van der Waals surface area (Å²) in [5, 5.41) is 10.1. The lowest BCUT2D eigenvalue weighted by Crippen LogP contribution is -2.34. The molecule has 1 heterocycles. The van der Waals surface area contributed by atoms with Crippen molar-refractivity contribution >= 4 is 40.6 Å². The molecule has 1 aliphatic carbocycles. The van der Waals surface area contributed by atoms with E-state index in [1.807, 2.05) is 17.5 Å². The van der Waals surface area contributed by atoms with Crippen LogP contribution in [0, 0.1) is 5.92 Å². The topological polar surface area (TPSA) is 113 Å². The summed E-state index contributed by atoms with van der Waals surface area (Å²) in [4.78, 5) is 36.1. The van der Waals surface area contributed by atoms with Gasteiger partial charge in [-0.1, -0.05) is 6.07 Å². The average Bonchev–Trinajstić information content (AvgIpc) is 3.30. The van der Waals surface area contributed by atoms with E-state index in [2.05, 4.69) is 16.0 Å². The Labute approximate surface area is 155 Å². The highest BCUT2D eigenvalue weighted by molar-refractivity contribution is 7.10. The molecule has 0 saturated heterocycles. The Morgan fingerprint density at radius 3 is 2.27 bits per heavy atom. The standard InChI is InChI=1S/C18H20N4O3S/c19-18(25)22-14(15-2-1-9-26-15)10-16(23)20-12-5-7-13(8-6-12)21-17(24)11-3-4-11/h1-2,5-9,11,14H,3-4,10H2,(H,20,23)(H,21,24)(H3,19,22,25). The van der Waals surface area contributed by atoms with Crippen LogP contribution < -0.4 is 21.7 Å². The van der Waals surface area contributed by atoms with Gasteiger partial charge in [0.25, 0.3) is 0 Å². The van der Waals surface area contributed by atoms with Crippen LogP contribution in [0.15, 0.2) is 41.8 Å². The molecule has 2 aromatic rings. The van der Waals surface area contributed by atoms with Gasteiger partial charge in [-0.15, -0.1) is 11.3 Å². The molecule has 3 rings (SSSR count). The molecule has 8 heteroatoms. The van der Waals surface area contributed by atoms with Crippen LogP contribution in [-0.4, -0.2) is 17.8 Å². The number of nitrogens with two attached hydrogens (primary N) is 1. The van der Waals surface area contributed by atoms with Crippen LogP contribution in [0.25, 0.3) is 0 Å². The van der Waals surface area contributed by atoms with E-state index in [4.69, 9.17) is 5.73 Å². The van der Waals surface area contributed by atoms with Crippen molar-refractivity contribution in [1.82, 2.24) is 5.32 Å². The third-order valence-electron chi connectivity index (χ3n) is 3.98. The number of anilines is 2. The largest absolute Gasteiger partial charge is 0.352 e. The fourth-order valence-electron chi connectivity index (χ4n) is 2.51. The number of hydrogen-bond acceptors (Lipinski definition) is 4. The molecule has 1 aromatic carbocycles. The van der Waals surface area contributed by atoms with E-state index < -0.39 is 12.1 Å². The second kappa shape index (κ2) is 8.01. The molecule has 1 unspecified atom stereocenters. The number of carbonyl (C=O) groups excluding carboxylic acids is 3. The van der Waals surface area contributed by atoms with E-state index >= 15 is 0 Å². The highest BCUT2D eigenvalue weighted by atomic mass is 32.1. The smallest absolute Gasteiger partial charge is 0.312 e. The molecule has 0 radical (unpaired) electrons. The summed E-state index contributed by atoms with van der Waals surface area (Å²) < 4.78 is 0. The molecule has 136 valence electrons. The molecule has 4 amide bonds. The highest BCUT2D eigenvalue weighted by Crippen LogP contribution is 2.30. The molecule has 0 aliphatic heterocycles. The van der Waals surface area contributed by atoms with E-state index in [0.717, 1.165) is 17.7 Å². The minimum absolute atomic E-state index is 0.0399. The second-order valence-electron chi connectivity index (χ2n) is 6.17. The van der Waals surface area contributed by atoms with Gasteiger partial charge in [0.15, 0.2) is 0 Å². The van der Waals surface area contributed by atoms with Gasteiger partial charge in [0.2, 0.25) is 11.8 Å². The Morgan fingerprint density at radius 1 is 1.08 bits per heavy atom. The van der Waals surface area contributed by atoms with Gasteiger partial charge in [-0.05, 0) is 48.6 Å². The van der Waals surface area contributed by atoms with Crippen LogP contribution in [-0.2, 0) is 9.59 Å². The number of nitrogens with one attached hydrogen (secondary N) is 3. The van der Waals surface area contributed by atoms with Gasteiger partial charge in [0, 0.05) is 22.2 Å². The van der Waals surface area contributed by atoms with Crippen LogP contribution in [0.1, 0.15) is 30.2 Å². The number of rotatable bonds is 7. The quantitative estimate of drug-likeness (QED) is 0.599. The number of benzene rings is 1. The summed E-state index contributed by atoms with van der Waals surface area (Å²) >= 11 is 1.45. The first-order chi connectivity index (χ1) is 12.5. The van der Waals surface area contributed by atoms with E-state index in [1.165, 1.54) is 11.3 Å². The zero-order valence-electron chi connectivity index (χ0n) is 14.0. The van der Waals surface area contributed by atoms with Gasteiger partial charge in [-0.25, -0.2) is 4.79 Å². The first-order valence-corrected chi connectivity index (χ1v) is 9.19. The molecule has 7 nitrogen and oxygen atoms in total. The molecule has 0 bridgehead atoms. The van der Waals surface area contributed by atoms with Gasteiger partial charge >= 0.3 is 6.03 Å². The fraction of sp³-hybridized carbons (Fsp3) is 0.278. The number of primary amides is 1. The zero-order chi connectivity index (χ0) is 18.5. The third-order valence-corrected chi connectivity index (χ3v) is 4.96. The zero-order valence-corrected chi connectivity index (χ0v) is 14.8. The molecule has 1 fully saturated rings. The van der Waals surface area contributed by atoms with Crippen LogP contribution in [0.2, 0.25) is 0 Å². The Morgan fingerprint density at radius 2 is 1.73 bits per heavy atom. The first kappa shape index (κ1) is 17.9. The van der Waals surface area contributed by atoms with Gasteiger partial charge in [0.1, 0.15) is 0 Å². The predicted octanol–water partition coefficient (Wildman–Crippen LogP) is 2.83. The molecule has 0 spiro atoms. The first-order valence-electron chi connectivity index (χ1n) is 8.31. The monoisotopic (exact) mass is 372 g/mol. The highest BCUT2D eigenvalue weighted by Gasteiger charge is 2.29. The molecule has 5 N–H and O–H groups in total. The van der Waals surface area contributed by atoms with Crippen molar-refractivity contribution < 1.29 is 14.4 Å². The molecular weight excluding hydrogens is 352 g/mol. The second-order valence-corrected chi connectivity index (χ2v) is 7.15. The van der Waals surface area contributed by atoms with Crippen molar-refractivity contribution in [3.63, 3.8) is 0 Å². The van der Waals surface area contributed by atoms with E-state index in [1.54, 1.807) is 24.3 Å². The Balaban J connectivity index is 1.56. The minimum Gasteiger partial charge on any atom is -0.352 e. The summed E-state index contributed by atoms with van der Waals surface area (Å²) in [6.45, 7) is 0. The Hall–Kier alpha value is -2.87.